The highest BCUT2D eigenvalue weighted by Gasteiger charge is 2.49. The number of ether oxygens (including phenoxy) is 2. The molecule has 0 aromatic heterocycles. The molecule has 1 aromatic rings. The molecular formula is C40H56N4O8. The first kappa shape index (κ1) is 39.0. The fraction of sp³-hybridized carbons (Fsp3) is 0.650. The number of carbonyl (C=O) groups is 6. The molecule has 0 spiro atoms. The average Bonchev–Trinajstić information content (AvgIpc) is 3.42. The third-order valence-electron chi connectivity index (χ3n) is 11.1. The van der Waals surface area contributed by atoms with Gasteiger partial charge in [-0.25, -0.2) is 9.59 Å². The molecule has 12 nitrogen and oxygen atoms in total. The number of Topliss-reactive ketones (excluding diaryl/α,β-unsaturated/α-hetero) is 1. The van der Waals surface area contributed by atoms with E-state index < -0.39 is 59.4 Å². The van der Waals surface area contributed by atoms with E-state index >= 15 is 0 Å². The Bertz CT molecular complexity index is 1500. The fourth-order valence-corrected chi connectivity index (χ4v) is 7.93. The minimum absolute atomic E-state index is 0.0574. The molecule has 2 saturated heterocycles. The Morgan fingerprint density at radius 1 is 0.904 bits per heavy atom. The minimum atomic E-state index is -1.12. The molecule has 52 heavy (non-hydrogen) atoms. The SMILES string of the molecule is C=C1CN(C(=O)[C@@H](NC(=O)OC(C)(C)C)C2CCCCC2)C(C(=O)NC(CC2CCC2)C(=O)C(=O)N2CCC2C(=O)OCc2ccccc2)C1CC. The standard InChI is InChI=1S/C40H56N4O8/c1-6-29-25(2)23-44(36(47)32(28-18-11-8-12-19-28)42-39(50)52-40(3,4)5)33(29)35(46)41-30(22-26-16-13-17-26)34(45)37(48)43-21-20-31(43)38(49)51-24-27-14-9-7-10-15-27/h7,9-10,14-15,26,28-33H,2,6,8,11-13,16-24H2,1,3-5H3,(H,41,46)(H,42,50)/t29?,30?,31?,32-,33?/m0/s1. The lowest BCUT2D eigenvalue weighted by molar-refractivity contribution is -0.165. The highest BCUT2D eigenvalue weighted by molar-refractivity contribution is 6.39. The van der Waals surface area contributed by atoms with Crippen molar-refractivity contribution in [2.75, 3.05) is 13.1 Å². The number of likely N-dealkylation sites (tertiary alicyclic amines) is 2. The van der Waals surface area contributed by atoms with Crippen molar-refractivity contribution in [3.63, 3.8) is 0 Å². The van der Waals surface area contributed by atoms with Crippen LogP contribution in [0.5, 0.6) is 0 Å². The Hall–Kier alpha value is -4.22. The van der Waals surface area contributed by atoms with Gasteiger partial charge in [0.15, 0.2) is 0 Å². The third kappa shape index (κ3) is 9.41. The molecule has 4 amide bonds. The monoisotopic (exact) mass is 720 g/mol. The van der Waals surface area contributed by atoms with Crippen LogP contribution in [0, 0.1) is 17.8 Å². The second-order valence-electron chi connectivity index (χ2n) is 16.0. The topological polar surface area (TPSA) is 151 Å². The van der Waals surface area contributed by atoms with E-state index in [0.29, 0.717) is 18.4 Å². The van der Waals surface area contributed by atoms with Crippen molar-refractivity contribution in [3.8, 4) is 0 Å². The lowest BCUT2D eigenvalue weighted by Crippen LogP contribution is -2.62. The number of ketones is 1. The number of alkyl carbamates (subject to hydrolysis) is 1. The number of benzene rings is 1. The van der Waals surface area contributed by atoms with Crippen molar-refractivity contribution in [1.29, 1.82) is 0 Å². The van der Waals surface area contributed by atoms with Crippen LogP contribution in [0.15, 0.2) is 42.5 Å². The number of nitrogens with one attached hydrogen (secondary N) is 2. The van der Waals surface area contributed by atoms with Crippen molar-refractivity contribution >= 4 is 35.6 Å². The first-order valence-electron chi connectivity index (χ1n) is 19.1. The maximum absolute atomic E-state index is 14.5. The van der Waals surface area contributed by atoms with Crippen molar-refractivity contribution in [2.24, 2.45) is 17.8 Å². The molecule has 2 N–H and O–H groups in total. The largest absolute Gasteiger partial charge is 0.459 e. The van der Waals surface area contributed by atoms with E-state index in [9.17, 15) is 28.8 Å². The molecular weight excluding hydrogens is 664 g/mol. The van der Waals surface area contributed by atoms with E-state index in [4.69, 9.17) is 9.47 Å². The van der Waals surface area contributed by atoms with E-state index in [-0.39, 0.29) is 49.8 Å². The van der Waals surface area contributed by atoms with E-state index in [0.717, 1.165) is 56.9 Å². The predicted molar refractivity (Wildman–Crippen MR) is 193 cm³/mol. The van der Waals surface area contributed by atoms with Crippen LogP contribution in [0.3, 0.4) is 0 Å². The molecule has 2 saturated carbocycles. The van der Waals surface area contributed by atoms with Crippen LogP contribution < -0.4 is 10.6 Å². The zero-order chi connectivity index (χ0) is 37.6. The Labute approximate surface area is 307 Å². The fourth-order valence-electron chi connectivity index (χ4n) is 7.93. The summed E-state index contributed by atoms with van der Waals surface area (Å²) in [4.78, 5) is 85.0. The van der Waals surface area contributed by atoms with Gasteiger partial charge in [-0.15, -0.1) is 0 Å². The Balaban J connectivity index is 1.32. The molecule has 12 heteroatoms. The first-order chi connectivity index (χ1) is 24.8. The zero-order valence-electron chi connectivity index (χ0n) is 31.2. The second-order valence-corrected chi connectivity index (χ2v) is 16.0. The molecule has 4 aliphatic rings. The molecule has 0 radical (unpaired) electrons. The van der Waals surface area contributed by atoms with Gasteiger partial charge in [-0.3, -0.25) is 19.2 Å². The number of esters is 1. The smallest absolute Gasteiger partial charge is 0.408 e. The van der Waals surface area contributed by atoms with Crippen LogP contribution in [-0.4, -0.2) is 88.2 Å². The lowest BCUT2D eigenvalue weighted by Gasteiger charge is -2.39. The summed E-state index contributed by atoms with van der Waals surface area (Å²) in [5.41, 5.74) is 0.761. The minimum Gasteiger partial charge on any atom is -0.459 e. The molecule has 2 aliphatic heterocycles. The van der Waals surface area contributed by atoms with Crippen LogP contribution >= 0.6 is 0 Å². The van der Waals surface area contributed by atoms with Gasteiger partial charge in [-0.05, 0) is 70.3 Å². The van der Waals surface area contributed by atoms with Gasteiger partial charge in [0.1, 0.15) is 30.3 Å². The van der Waals surface area contributed by atoms with E-state index in [2.05, 4.69) is 17.2 Å². The Kier molecular flexibility index (Phi) is 12.8. The second kappa shape index (κ2) is 17.1. The third-order valence-corrected chi connectivity index (χ3v) is 11.1. The molecule has 4 fully saturated rings. The number of carbonyl (C=O) groups excluding carboxylic acids is 6. The van der Waals surface area contributed by atoms with Crippen molar-refractivity contribution in [3.05, 3.63) is 48.0 Å². The number of hydrogen-bond acceptors (Lipinski definition) is 8. The first-order valence-corrected chi connectivity index (χ1v) is 19.1. The molecule has 4 unspecified atom stereocenters. The van der Waals surface area contributed by atoms with Crippen molar-refractivity contribution in [2.45, 2.75) is 135 Å². The van der Waals surface area contributed by atoms with Gasteiger partial charge in [0.2, 0.25) is 17.6 Å². The van der Waals surface area contributed by atoms with Gasteiger partial charge in [-0.2, -0.15) is 0 Å². The van der Waals surface area contributed by atoms with E-state index in [1.165, 1.54) is 9.80 Å². The van der Waals surface area contributed by atoms with Crippen LogP contribution in [-0.2, 0) is 40.1 Å². The summed E-state index contributed by atoms with van der Waals surface area (Å²) in [6.07, 6.45) is 7.69. The molecule has 5 rings (SSSR count). The summed E-state index contributed by atoms with van der Waals surface area (Å²) in [5, 5.41) is 5.74. The summed E-state index contributed by atoms with van der Waals surface area (Å²) in [5.74, 6) is -3.45. The van der Waals surface area contributed by atoms with Gasteiger partial charge >= 0.3 is 12.1 Å². The Morgan fingerprint density at radius 2 is 1.60 bits per heavy atom. The van der Waals surface area contributed by atoms with Gasteiger partial charge in [0.25, 0.3) is 5.91 Å². The van der Waals surface area contributed by atoms with Crippen molar-refractivity contribution < 1.29 is 38.2 Å². The van der Waals surface area contributed by atoms with Crippen molar-refractivity contribution in [1.82, 2.24) is 20.4 Å². The lowest BCUT2D eigenvalue weighted by atomic mass is 9.79. The number of hydrogen-bond donors (Lipinski definition) is 2. The summed E-state index contributed by atoms with van der Waals surface area (Å²) < 4.78 is 11.0. The van der Waals surface area contributed by atoms with Gasteiger partial charge in [0, 0.05) is 19.0 Å². The van der Waals surface area contributed by atoms with Crippen LogP contribution in [0.4, 0.5) is 4.79 Å². The van der Waals surface area contributed by atoms with Crippen LogP contribution in [0.1, 0.15) is 104 Å². The number of nitrogens with zero attached hydrogens (tertiary/aromatic N) is 2. The summed E-state index contributed by atoms with van der Waals surface area (Å²) in [6.45, 7) is 11.8. The molecule has 2 aliphatic carbocycles. The molecule has 5 atom stereocenters. The maximum atomic E-state index is 14.5. The number of amides is 4. The van der Waals surface area contributed by atoms with Crippen LogP contribution in [0.2, 0.25) is 0 Å². The predicted octanol–water partition coefficient (Wildman–Crippen LogP) is 4.84. The van der Waals surface area contributed by atoms with Gasteiger partial charge < -0.3 is 29.9 Å². The summed E-state index contributed by atoms with van der Waals surface area (Å²) >= 11 is 0. The molecule has 0 bridgehead atoms. The highest BCUT2D eigenvalue weighted by Crippen LogP contribution is 2.36. The molecule has 2 heterocycles. The van der Waals surface area contributed by atoms with E-state index in [1.807, 2.05) is 37.3 Å². The van der Waals surface area contributed by atoms with E-state index in [1.54, 1.807) is 20.8 Å². The zero-order valence-corrected chi connectivity index (χ0v) is 31.2. The average molecular weight is 721 g/mol. The van der Waals surface area contributed by atoms with Gasteiger partial charge in [-0.1, -0.05) is 87.9 Å². The quantitative estimate of drug-likeness (QED) is 0.167. The maximum Gasteiger partial charge on any atom is 0.408 e. The number of rotatable bonds is 13. The van der Waals surface area contributed by atoms with Gasteiger partial charge in [0.05, 0.1) is 6.04 Å². The summed E-state index contributed by atoms with van der Waals surface area (Å²) in [7, 11) is 0. The summed E-state index contributed by atoms with van der Waals surface area (Å²) in [6, 6.07) is 5.34. The van der Waals surface area contributed by atoms with Crippen LogP contribution in [0.25, 0.3) is 0 Å². The normalized spacial score (nSPS) is 23.5. The highest BCUT2D eigenvalue weighted by atomic mass is 16.6. The molecule has 284 valence electrons. The molecule has 1 aromatic carbocycles. The Morgan fingerprint density at radius 3 is 2.17 bits per heavy atom.